The van der Waals surface area contributed by atoms with Crippen LogP contribution < -0.4 is 0 Å². The molecule has 3 heteroatoms. The molecule has 1 aromatic rings. The van der Waals surface area contributed by atoms with E-state index in [1.54, 1.807) is 11.8 Å². The minimum Gasteiger partial charge on any atom is -0.363 e. The van der Waals surface area contributed by atoms with E-state index in [0.717, 1.165) is 24.3 Å². The summed E-state index contributed by atoms with van der Waals surface area (Å²) in [7, 11) is 0. The van der Waals surface area contributed by atoms with Gasteiger partial charge in [-0.25, -0.2) is 0 Å². The van der Waals surface area contributed by atoms with Gasteiger partial charge >= 0.3 is 0 Å². The molecule has 0 saturated heterocycles. The summed E-state index contributed by atoms with van der Waals surface area (Å²) in [5.74, 6) is 1.02. The van der Waals surface area contributed by atoms with Gasteiger partial charge in [-0.1, -0.05) is 24.3 Å². The SMILES string of the molecule is O=Cc1ccc(CN2C=CSC2)cc1. The number of aldehydes is 1. The van der Waals surface area contributed by atoms with Gasteiger partial charge in [0.1, 0.15) is 6.29 Å². The Morgan fingerprint density at radius 2 is 2.14 bits per heavy atom. The van der Waals surface area contributed by atoms with Crippen LogP contribution in [0.15, 0.2) is 35.9 Å². The molecule has 0 aliphatic carbocycles. The maximum absolute atomic E-state index is 10.4. The van der Waals surface area contributed by atoms with Crippen LogP contribution in [0.4, 0.5) is 0 Å². The standard InChI is InChI=1S/C11H11NOS/c13-8-11-3-1-10(2-4-11)7-12-5-6-14-9-12/h1-6,8H,7,9H2. The van der Waals surface area contributed by atoms with Crippen molar-refractivity contribution in [3.05, 3.63) is 47.0 Å². The van der Waals surface area contributed by atoms with E-state index in [-0.39, 0.29) is 0 Å². The molecule has 0 spiro atoms. The Morgan fingerprint density at radius 3 is 2.71 bits per heavy atom. The van der Waals surface area contributed by atoms with Crippen molar-refractivity contribution >= 4 is 18.0 Å². The number of rotatable bonds is 3. The third kappa shape index (κ3) is 2.17. The van der Waals surface area contributed by atoms with Gasteiger partial charge in [0, 0.05) is 18.3 Å². The van der Waals surface area contributed by atoms with Crippen molar-refractivity contribution in [2.24, 2.45) is 0 Å². The van der Waals surface area contributed by atoms with E-state index in [9.17, 15) is 4.79 Å². The van der Waals surface area contributed by atoms with Gasteiger partial charge in [-0.05, 0) is 11.0 Å². The van der Waals surface area contributed by atoms with E-state index >= 15 is 0 Å². The number of hydrogen-bond donors (Lipinski definition) is 0. The van der Waals surface area contributed by atoms with E-state index in [1.165, 1.54) is 5.56 Å². The summed E-state index contributed by atoms with van der Waals surface area (Å²) in [4.78, 5) is 12.7. The second-order valence-electron chi connectivity index (χ2n) is 3.19. The smallest absolute Gasteiger partial charge is 0.150 e. The summed E-state index contributed by atoms with van der Waals surface area (Å²) in [5.41, 5.74) is 1.97. The summed E-state index contributed by atoms with van der Waals surface area (Å²) in [6, 6.07) is 7.71. The van der Waals surface area contributed by atoms with Crippen molar-refractivity contribution in [1.29, 1.82) is 0 Å². The number of benzene rings is 1. The average Bonchev–Trinajstić information content (AvgIpc) is 2.72. The number of thioether (sulfide) groups is 1. The van der Waals surface area contributed by atoms with Crippen molar-refractivity contribution in [2.45, 2.75) is 6.54 Å². The lowest BCUT2D eigenvalue weighted by Gasteiger charge is -2.14. The van der Waals surface area contributed by atoms with Crippen LogP contribution in [0.3, 0.4) is 0 Å². The van der Waals surface area contributed by atoms with Crippen molar-refractivity contribution in [2.75, 3.05) is 5.88 Å². The Hall–Kier alpha value is -1.22. The molecule has 0 saturated carbocycles. The van der Waals surface area contributed by atoms with Crippen LogP contribution in [0.1, 0.15) is 15.9 Å². The summed E-state index contributed by atoms with van der Waals surface area (Å²) in [5, 5.41) is 2.10. The molecule has 2 nitrogen and oxygen atoms in total. The van der Waals surface area contributed by atoms with Crippen molar-refractivity contribution in [3.8, 4) is 0 Å². The van der Waals surface area contributed by atoms with E-state index in [1.807, 2.05) is 24.3 Å². The highest BCUT2D eigenvalue weighted by molar-refractivity contribution is 8.02. The van der Waals surface area contributed by atoms with E-state index < -0.39 is 0 Å². The summed E-state index contributed by atoms with van der Waals surface area (Å²) < 4.78 is 0. The van der Waals surface area contributed by atoms with Crippen LogP contribution in [0, 0.1) is 0 Å². The lowest BCUT2D eigenvalue weighted by Crippen LogP contribution is -2.12. The zero-order valence-corrected chi connectivity index (χ0v) is 8.54. The molecule has 0 amide bonds. The van der Waals surface area contributed by atoms with E-state index in [4.69, 9.17) is 0 Å². The number of hydrogen-bond acceptors (Lipinski definition) is 3. The fourth-order valence-electron chi connectivity index (χ4n) is 1.35. The van der Waals surface area contributed by atoms with Gasteiger partial charge in [0.15, 0.2) is 0 Å². The van der Waals surface area contributed by atoms with Gasteiger partial charge in [0.25, 0.3) is 0 Å². The third-order valence-electron chi connectivity index (χ3n) is 2.11. The molecule has 0 bridgehead atoms. The molecule has 1 aromatic carbocycles. The third-order valence-corrected chi connectivity index (χ3v) is 2.90. The molecule has 1 aliphatic rings. The lowest BCUT2D eigenvalue weighted by molar-refractivity contribution is 0.112. The van der Waals surface area contributed by atoms with Gasteiger partial charge in [-0.15, -0.1) is 11.8 Å². The van der Waals surface area contributed by atoms with Gasteiger partial charge in [-0.3, -0.25) is 4.79 Å². The van der Waals surface area contributed by atoms with Crippen LogP contribution in [-0.4, -0.2) is 17.1 Å². The second-order valence-corrected chi connectivity index (χ2v) is 4.05. The lowest BCUT2D eigenvalue weighted by atomic mass is 10.1. The fourth-order valence-corrected chi connectivity index (χ4v) is 2.06. The molecular weight excluding hydrogens is 194 g/mol. The largest absolute Gasteiger partial charge is 0.363 e. The zero-order chi connectivity index (χ0) is 9.80. The Balaban J connectivity index is 2.02. The molecule has 1 aliphatic heterocycles. The van der Waals surface area contributed by atoms with Gasteiger partial charge in [-0.2, -0.15) is 0 Å². The molecule has 2 rings (SSSR count). The predicted octanol–water partition coefficient (Wildman–Crippen LogP) is 2.48. The van der Waals surface area contributed by atoms with Crippen molar-refractivity contribution in [1.82, 2.24) is 4.90 Å². The number of carbonyl (C=O) groups is 1. The molecule has 0 unspecified atom stereocenters. The highest BCUT2D eigenvalue weighted by Crippen LogP contribution is 2.17. The molecule has 1 heterocycles. The van der Waals surface area contributed by atoms with Gasteiger partial charge < -0.3 is 4.90 Å². The maximum Gasteiger partial charge on any atom is 0.150 e. The fraction of sp³-hybridized carbons (Fsp3) is 0.182. The van der Waals surface area contributed by atoms with Crippen molar-refractivity contribution < 1.29 is 4.79 Å². The summed E-state index contributed by atoms with van der Waals surface area (Å²) in [6.45, 7) is 0.919. The van der Waals surface area contributed by atoms with Crippen molar-refractivity contribution in [3.63, 3.8) is 0 Å². The molecule has 72 valence electrons. The summed E-state index contributed by atoms with van der Waals surface area (Å²) in [6.07, 6.45) is 2.97. The van der Waals surface area contributed by atoms with Crippen LogP contribution in [-0.2, 0) is 6.54 Å². The minimum atomic E-state index is 0.736. The van der Waals surface area contributed by atoms with Crippen LogP contribution in [0.25, 0.3) is 0 Å². The maximum atomic E-state index is 10.4. The first-order valence-corrected chi connectivity index (χ1v) is 5.50. The quantitative estimate of drug-likeness (QED) is 0.707. The Kier molecular flexibility index (Phi) is 2.89. The highest BCUT2D eigenvalue weighted by Gasteiger charge is 2.04. The first kappa shape index (κ1) is 9.34. The molecule has 0 aromatic heterocycles. The molecule has 0 N–H and O–H groups in total. The second kappa shape index (κ2) is 4.33. The Labute approximate surface area is 87.6 Å². The van der Waals surface area contributed by atoms with Crippen LogP contribution in [0.5, 0.6) is 0 Å². The first-order valence-electron chi connectivity index (χ1n) is 4.45. The van der Waals surface area contributed by atoms with Gasteiger partial charge in [0.2, 0.25) is 0 Å². The average molecular weight is 205 g/mol. The van der Waals surface area contributed by atoms with Gasteiger partial charge in [0.05, 0.1) is 5.88 Å². The van der Waals surface area contributed by atoms with E-state index in [2.05, 4.69) is 16.5 Å². The highest BCUT2D eigenvalue weighted by atomic mass is 32.2. The molecular formula is C11H11NOS. The molecule has 0 atom stereocenters. The molecule has 0 fully saturated rings. The predicted molar refractivity (Wildman–Crippen MR) is 59.0 cm³/mol. The van der Waals surface area contributed by atoms with Crippen LogP contribution in [0.2, 0.25) is 0 Å². The summed E-state index contributed by atoms with van der Waals surface area (Å²) >= 11 is 1.80. The Morgan fingerprint density at radius 1 is 1.36 bits per heavy atom. The normalized spacial score (nSPS) is 14.7. The first-order chi connectivity index (χ1) is 6.88. The number of nitrogens with zero attached hydrogens (tertiary/aromatic N) is 1. The molecule has 0 radical (unpaired) electrons. The number of carbonyl (C=O) groups excluding carboxylic acids is 1. The Bertz CT molecular complexity index is 345. The zero-order valence-electron chi connectivity index (χ0n) is 7.72. The van der Waals surface area contributed by atoms with Crippen LogP contribution >= 0.6 is 11.8 Å². The van der Waals surface area contributed by atoms with E-state index in [0.29, 0.717) is 0 Å². The minimum absolute atomic E-state index is 0.736. The monoisotopic (exact) mass is 205 g/mol. The topological polar surface area (TPSA) is 20.3 Å². The molecule has 14 heavy (non-hydrogen) atoms.